The van der Waals surface area contributed by atoms with Gasteiger partial charge in [0, 0.05) is 19.6 Å². The van der Waals surface area contributed by atoms with Crippen LogP contribution in [0.4, 0.5) is 0 Å². The summed E-state index contributed by atoms with van der Waals surface area (Å²) in [7, 11) is 0. The molecular formula is C26H31N5O2S. The lowest BCUT2D eigenvalue weighted by atomic mass is 10.0. The van der Waals surface area contributed by atoms with Gasteiger partial charge in [0.25, 0.3) is 11.8 Å². The van der Waals surface area contributed by atoms with E-state index in [1.165, 1.54) is 11.1 Å². The molecule has 2 aliphatic rings. The van der Waals surface area contributed by atoms with Gasteiger partial charge in [-0.15, -0.1) is 11.3 Å². The van der Waals surface area contributed by atoms with Crippen molar-refractivity contribution in [1.82, 2.24) is 25.0 Å². The fourth-order valence-electron chi connectivity index (χ4n) is 5.33. The molecule has 8 heteroatoms. The van der Waals surface area contributed by atoms with Crippen molar-refractivity contribution in [1.29, 1.82) is 0 Å². The van der Waals surface area contributed by atoms with Crippen LogP contribution in [-0.2, 0) is 6.54 Å². The Kier molecular flexibility index (Phi) is 5.80. The van der Waals surface area contributed by atoms with Crippen LogP contribution in [-0.4, -0.2) is 50.6 Å². The van der Waals surface area contributed by atoms with Crippen LogP contribution < -0.4 is 5.32 Å². The second kappa shape index (κ2) is 8.65. The Balaban J connectivity index is 1.37. The maximum atomic E-state index is 13.8. The Labute approximate surface area is 204 Å². The number of aromatic nitrogens is 3. The van der Waals surface area contributed by atoms with Crippen LogP contribution in [0.2, 0.25) is 0 Å². The Bertz CT molecular complexity index is 1260. The normalized spacial score (nSPS) is 21.0. The molecule has 1 aliphatic heterocycles. The molecule has 0 bridgehead atoms. The summed E-state index contributed by atoms with van der Waals surface area (Å²) in [5.41, 5.74) is 5.31. The molecule has 1 saturated heterocycles. The number of rotatable bonds is 6. The van der Waals surface area contributed by atoms with Crippen molar-refractivity contribution in [3.05, 3.63) is 57.5 Å². The minimum absolute atomic E-state index is 0.00496. The van der Waals surface area contributed by atoms with Gasteiger partial charge in [0.15, 0.2) is 0 Å². The third kappa shape index (κ3) is 4.15. The van der Waals surface area contributed by atoms with Gasteiger partial charge in [-0.2, -0.15) is 5.10 Å². The molecule has 7 nitrogen and oxygen atoms in total. The summed E-state index contributed by atoms with van der Waals surface area (Å²) in [6.45, 7) is 11.8. The maximum Gasteiger partial charge on any atom is 0.274 e. The first kappa shape index (κ1) is 22.8. The average Bonchev–Trinajstić information content (AvgIpc) is 3.11. The van der Waals surface area contributed by atoms with E-state index < -0.39 is 0 Å². The number of thiazole rings is 1. The lowest BCUT2D eigenvalue weighted by molar-refractivity contribution is 0.0690. The third-order valence-electron chi connectivity index (χ3n) is 6.89. The van der Waals surface area contributed by atoms with Crippen LogP contribution >= 0.6 is 11.3 Å². The second-order valence-electron chi connectivity index (χ2n) is 9.67. The van der Waals surface area contributed by atoms with Crippen LogP contribution in [0.1, 0.15) is 56.1 Å². The largest absolute Gasteiger partial charge is 0.349 e. The molecule has 0 radical (unpaired) electrons. The summed E-state index contributed by atoms with van der Waals surface area (Å²) in [5, 5.41) is 8.33. The Morgan fingerprint density at radius 2 is 1.85 bits per heavy atom. The average molecular weight is 478 g/mol. The number of hydrogen-bond acceptors (Lipinski definition) is 5. The predicted octanol–water partition coefficient (Wildman–Crippen LogP) is 4.15. The third-order valence-corrected chi connectivity index (χ3v) is 7.91. The molecule has 34 heavy (non-hydrogen) atoms. The zero-order chi connectivity index (χ0) is 24.1. The van der Waals surface area contributed by atoms with E-state index in [1.807, 2.05) is 31.7 Å². The van der Waals surface area contributed by atoms with E-state index >= 15 is 0 Å². The quantitative estimate of drug-likeness (QED) is 0.578. The van der Waals surface area contributed by atoms with E-state index in [0.717, 1.165) is 34.1 Å². The van der Waals surface area contributed by atoms with Gasteiger partial charge in [-0.05, 0) is 64.5 Å². The molecule has 1 N–H and O–H groups in total. The van der Waals surface area contributed by atoms with Gasteiger partial charge < -0.3 is 10.2 Å². The number of carbonyl (C=O) groups is 2. The molecule has 3 atom stereocenters. The highest BCUT2D eigenvalue weighted by Crippen LogP contribution is 2.50. The van der Waals surface area contributed by atoms with E-state index in [4.69, 9.17) is 0 Å². The molecule has 0 spiro atoms. The minimum atomic E-state index is -0.139. The summed E-state index contributed by atoms with van der Waals surface area (Å²) < 4.78 is 1.72. The highest BCUT2D eigenvalue weighted by Gasteiger charge is 2.54. The van der Waals surface area contributed by atoms with Gasteiger partial charge in [-0.1, -0.05) is 29.3 Å². The highest BCUT2D eigenvalue weighted by atomic mass is 32.1. The maximum absolute atomic E-state index is 13.8. The monoisotopic (exact) mass is 477 g/mol. The molecule has 178 valence electrons. The number of carbonyl (C=O) groups excluding carboxylic acids is 2. The van der Waals surface area contributed by atoms with Crippen molar-refractivity contribution in [3.63, 3.8) is 0 Å². The fourth-order valence-corrected chi connectivity index (χ4v) is 6.23. The first-order chi connectivity index (χ1) is 16.2. The van der Waals surface area contributed by atoms with E-state index in [9.17, 15) is 9.59 Å². The van der Waals surface area contributed by atoms with Crippen LogP contribution in [0, 0.1) is 39.5 Å². The van der Waals surface area contributed by atoms with Crippen molar-refractivity contribution < 1.29 is 9.59 Å². The molecule has 2 amide bonds. The SMILES string of the molecule is CCn1nc(C)cc1C(=O)NC[C@@H]1[C@H]2C[C@H]2CN1C(=O)c1nc(C)sc1-c1cc(C)cc(C)c1. The zero-order valence-electron chi connectivity index (χ0n) is 20.4. The molecule has 2 fully saturated rings. The van der Waals surface area contributed by atoms with Gasteiger partial charge in [-0.25, -0.2) is 4.98 Å². The smallest absolute Gasteiger partial charge is 0.274 e. The van der Waals surface area contributed by atoms with Gasteiger partial charge in [0.1, 0.15) is 11.4 Å². The number of fused-ring (bicyclic) bond motifs is 1. The van der Waals surface area contributed by atoms with E-state index in [2.05, 4.69) is 47.4 Å². The number of aryl methyl sites for hydroxylation is 5. The van der Waals surface area contributed by atoms with Crippen molar-refractivity contribution >= 4 is 23.2 Å². The Morgan fingerprint density at radius 3 is 2.56 bits per heavy atom. The van der Waals surface area contributed by atoms with E-state index in [0.29, 0.717) is 36.3 Å². The molecule has 1 aliphatic carbocycles. The molecule has 3 aromatic rings. The van der Waals surface area contributed by atoms with Gasteiger partial charge in [0.05, 0.1) is 21.6 Å². The van der Waals surface area contributed by atoms with Crippen molar-refractivity contribution in [2.45, 2.75) is 53.6 Å². The van der Waals surface area contributed by atoms with Crippen molar-refractivity contribution in [3.8, 4) is 10.4 Å². The lowest BCUT2D eigenvalue weighted by Crippen LogP contribution is -2.46. The lowest BCUT2D eigenvalue weighted by Gasteiger charge is -2.27. The molecule has 1 saturated carbocycles. The van der Waals surface area contributed by atoms with Crippen molar-refractivity contribution in [2.75, 3.05) is 13.1 Å². The zero-order valence-corrected chi connectivity index (χ0v) is 21.2. The van der Waals surface area contributed by atoms with Crippen LogP contribution in [0.3, 0.4) is 0 Å². The van der Waals surface area contributed by atoms with Crippen LogP contribution in [0.15, 0.2) is 24.3 Å². The number of benzene rings is 1. The molecule has 5 rings (SSSR count). The summed E-state index contributed by atoms with van der Waals surface area (Å²) in [6, 6.07) is 8.18. The van der Waals surface area contributed by atoms with Crippen molar-refractivity contribution in [2.24, 2.45) is 11.8 Å². The van der Waals surface area contributed by atoms with Gasteiger partial charge in [0.2, 0.25) is 0 Å². The topological polar surface area (TPSA) is 80.1 Å². The Hall–Kier alpha value is -3.00. The number of likely N-dealkylation sites (tertiary alicyclic amines) is 1. The standard InChI is InChI=1S/C26H31N5O2S/c1-6-31-21(10-16(4)29-31)25(32)27-12-22-20-11-19(20)13-30(22)26(33)23-24(34-17(5)28-23)18-8-14(2)7-15(3)9-18/h7-10,19-20,22H,6,11-13H2,1-5H3,(H,27,32)/t19-,20-,22+/m0/s1. The first-order valence-corrected chi connectivity index (χ1v) is 12.8. The van der Waals surface area contributed by atoms with Gasteiger partial charge >= 0.3 is 0 Å². The molecule has 2 aromatic heterocycles. The first-order valence-electron chi connectivity index (χ1n) is 11.9. The van der Waals surface area contributed by atoms with E-state index in [-0.39, 0.29) is 17.9 Å². The Morgan fingerprint density at radius 1 is 1.12 bits per heavy atom. The summed E-state index contributed by atoms with van der Waals surface area (Å²) >= 11 is 1.57. The number of piperidine rings is 1. The molecule has 0 unspecified atom stereocenters. The molecule has 3 heterocycles. The predicted molar refractivity (Wildman–Crippen MR) is 133 cm³/mol. The number of hydrogen-bond donors (Lipinski definition) is 1. The second-order valence-corrected chi connectivity index (χ2v) is 10.9. The summed E-state index contributed by atoms with van der Waals surface area (Å²) in [4.78, 5) is 34.2. The van der Waals surface area contributed by atoms with E-state index in [1.54, 1.807) is 16.0 Å². The molecular weight excluding hydrogens is 446 g/mol. The van der Waals surface area contributed by atoms with Crippen LogP contribution in [0.5, 0.6) is 0 Å². The minimum Gasteiger partial charge on any atom is -0.349 e. The fraction of sp³-hybridized carbons (Fsp3) is 0.462. The highest BCUT2D eigenvalue weighted by molar-refractivity contribution is 7.15. The summed E-state index contributed by atoms with van der Waals surface area (Å²) in [6.07, 6.45) is 1.12. The van der Waals surface area contributed by atoms with Crippen LogP contribution in [0.25, 0.3) is 10.4 Å². The van der Waals surface area contributed by atoms with Gasteiger partial charge in [-0.3, -0.25) is 14.3 Å². The molecule has 1 aromatic carbocycles. The number of nitrogens with one attached hydrogen (secondary N) is 1. The number of nitrogens with zero attached hydrogens (tertiary/aromatic N) is 4. The summed E-state index contributed by atoms with van der Waals surface area (Å²) in [5.74, 6) is 0.809. The number of amides is 2.